The highest BCUT2D eigenvalue weighted by atomic mass is 16.5. The molecule has 1 heterocycles. The number of rotatable bonds is 7. The van der Waals surface area contributed by atoms with E-state index in [-0.39, 0.29) is 23.7 Å². The number of hydrogen-bond donors (Lipinski definition) is 1. The van der Waals surface area contributed by atoms with E-state index in [0.29, 0.717) is 26.1 Å². The van der Waals surface area contributed by atoms with Gasteiger partial charge in [-0.05, 0) is 24.1 Å². The summed E-state index contributed by atoms with van der Waals surface area (Å²) < 4.78 is 5.30. The van der Waals surface area contributed by atoms with Crippen molar-refractivity contribution in [1.29, 1.82) is 0 Å². The third-order valence-electron chi connectivity index (χ3n) is 4.66. The van der Waals surface area contributed by atoms with Crippen LogP contribution in [0.25, 0.3) is 0 Å². The summed E-state index contributed by atoms with van der Waals surface area (Å²) in [5, 5.41) is 3.02. The number of carbonyl (C=O) groups excluding carboxylic acids is 2. The lowest BCUT2D eigenvalue weighted by Crippen LogP contribution is -2.36. The number of unbranched alkanes of at least 4 members (excludes halogenated alkanes) is 1. The van der Waals surface area contributed by atoms with Crippen LogP contribution in [0.3, 0.4) is 0 Å². The van der Waals surface area contributed by atoms with E-state index in [0.717, 1.165) is 24.2 Å². The van der Waals surface area contributed by atoms with Crippen molar-refractivity contribution >= 4 is 11.8 Å². The summed E-state index contributed by atoms with van der Waals surface area (Å²) in [4.78, 5) is 26.6. The largest absolute Gasteiger partial charge is 0.497 e. The van der Waals surface area contributed by atoms with Gasteiger partial charge >= 0.3 is 0 Å². The fraction of sp³-hybridized carbons (Fsp3) is 0.579. The lowest BCUT2D eigenvalue weighted by Gasteiger charge is -2.18. The Morgan fingerprint density at radius 2 is 2.08 bits per heavy atom. The molecular weight excluding hydrogens is 304 g/mol. The Kier molecular flexibility index (Phi) is 6.64. The summed E-state index contributed by atoms with van der Waals surface area (Å²) in [6.07, 6.45) is 2.49. The van der Waals surface area contributed by atoms with E-state index in [1.165, 1.54) is 0 Å². The smallest absolute Gasteiger partial charge is 0.225 e. The van der Waals surface area contributed by atoms with E-state index < -0.39 is 0 Å². The molecule has 1 aromatic carbocycles. The summed E-state index contributed by atoms with van der Waals surface area (Å²) in [6.45, 7) is 5.73. The zero-order valence-corrected chi connectivity index (χ0v) is 14.9. The van der Waals surface area contributed by atoms with Crippen LogP contribution in [0.15, 0.2) is 24.3 Å². The summed E-state index contributed by atoms with van der Waals surface area (Å²) in [5.74, 6) is 0.731. The van der Waals surface area contributed by atoms with Crippen molar-refractivity contribution in [1.82, 2.24) is 10.2 Å². The van der Waals surface area contributed by atoms with Crippen molar-refractivity contribution in [3.8, 4) is 5.75 Å². The van der Waals surface area contributed by atoms with Gasteiger partial charge in [0, 0.05) is 32.0 Å². The van der Waals surface area contributed by atoms with Gasteiger partial charge in [-0.25, -0.2) is 0 Å². The van der Waals surface area contributed by atoms with E-state index in [9.17, 15) is 9.59 Å². The molecule has 1 saturated heterocycles. The molecule has 0 aliphatic carbocycles. The molecule has 1 N–H and O–H groups in total. The normalized spacial score (nSPS) is 20.0. The molecule has 132 valence electrons. The van der Waals surface area contributed by atoms with E-state index in [1.54, 1.807) is 7.11 Å². The van der Waals surface area contributed by atoms with Crippen molar-refractivity contribution < 1.29 is 14.3 Å². The van der Waals surface area contributed by atoms with Crippen molar-refractivity contribution in [3.63, 3.8) is 0 Å². The van der Waals surface area contributed by atoms with Crippen LogP contribution in [0.5, 0.6) is 5.75 Å². The Labute approximate surface area is 144 Å². The molecule has 0 radical (unpaired) electrons. The van der Waals surface area contributed by atoms with Crippen LogP contribution in [0.4, 0.5) is 0 Å². The fourth-order valence-electron chi connectivity index (χ4n) is 3.23. The summed E-state index contributed by atoms with van der Waals surface area (Å²) in [5.41, 5.74) is 1.05. The van der Waals surface area contributed by atoms with Crippen LogP contribution in [0.2, 0.25) is 0 Å². The number of methoxy groups -OCH3 is 1. The summed E-state index contributed by atoms with van der Waals surface area (Å²) in [7, 11) is 1.63. The Balaban J connectivity index is 2.19. The molecule has 1 aliphatic heterocycles. The van der Waals surface area contributed by atoms with Crippen LogP contribution in [0, 0.1) is 5.92 Å². The molecule has 2 atom stereocenters. The predicted octanol–water partition coefficient (Wildman–Crippen LogP) is 2.56. The van der Waals surface area contributed by atoms with Crippen LogP contribution >= 0.6 is 0 Å². The van der Waals surface area contributed by atoms with Gasteiger partial charge in [0.05, 0.1) is 13.0 Å². The topological polar surface area (TPSA) is 58.6 Å². The van der Waals surface area contributed by atoms with Crippen molar-refractivity contribution in [2.75, 3.05) is 26.7 Å². The van der Waals surface area contributed by atoms with Crippen LogP contribution in [-0.2, 0) is 9.59 Å². The van der Waals surface area contributed by atoms with Gasteiger partial charge in [-0.3, -0.25) is 9.59 Å². The number of ether oxygens (including phenoxy) is 1. The number of likely N-dealkylation sites (tertiary alicyclic amines) is 1. The van der Waals surface area contributed by atoms with Crippen molar-refractivity contribution in [2.45, 2.75) is 39.0 Å². The third kappa shape index (κ3) is 4.28. The standard InChI is InChI=1S/C19H28N2O3/c1-4-6-10-20-19(23)17-13-21(18(22)5-2)12-16(17)14-8-7-9-15(11-14)24-3/h7-9,11,16-17H,4-6,10,12-13H2,1-3H3,(H,20,23). The first-order chi connectivity index (χ1) is 11.6. The van der Waals surface area contributed by atoms with Gasteiger partial charge in [0.1, 0.15) is 5.75 Å². The van der Waals surface area contributed by atoms with Gasteiger partial charge in [-0.15, -0.1) is 0 Å². The van der Waals surface area contributed by atoms with Crippen LogP contribution in [-0.4, -0.2) is 43.5 Å². The first-order valence-corrected chi connectivity index (χ1v) is 8.80. The lowest BCUT2D eigenvalue weighted by molar-refractivity contribution is -0.130. The molecule has 1 aromatic rings. The zero-order chi connectivity index (χ0) is 17.5. The molecule has 1 aliphatic rings. The molecule has 0 aromatic heterocycles. The minimum Gasteiger partial charge on any atom is -0.497 e. The molecule has 0 spiro atoms. The quantitative estimate of drug-likeness (QED) is 0.781. The minimum absolute atomic E-state index is 0.0113. The Morgan fingerprint density at radius 3 is 2.75 bits per heavy atom. The van der Waals surface area contributed by atoms with Crippen LogP contribution < -0.4 is 10.1 Å². The van der Waals surface area contributed by atoms with Gasteiger partial charge in [0.15, 0.2) is 0 Å². The zero-order valence-electron chi connectivity index (χ0n) is 14.9. The number of hydrogen-bond acceptors (Lipinski definition) is 3. The second kappa shape index (κ2) is 8.71. The predicted molar refractivity (Wildman–Crippen MR) is 94.0 cm³/mol. The van der Waals surface area contributed by atoms with Crippen molar-refractivity contribution in [3.05, 3.63) is 29.8 Å². The maximum absolute atomic E-state index is 12.6. The first kappa shape index (κ1) is 18.3. The molecule has 0 saturated carbocycles. The average molecular weight is 332 g/mol. The second-order valence-electron chi connectivity index (χ2n) is 6.29. The highest BCUT2D eigenvalue weighted by Crippen LogP contribution is 2.34. The summed E-state index contributed by atoms with van der Waals surface area (Å²) >= 11 is 0. The number of benzene rings is 1. The molecule has 2 rings (SSSR count). The van der Waals surface area contributed by atoms with E-state index in [1.807, 2.05) is 36.1 Å². The Hall–Kier alpha value is -2.04. The van der Waals surface area contributed by atoms with Gasteiger partial charge in [0.25, 0.3) is 0 Å². The Morgan fingerprint density at radius 1 is 1.29 bits per heavy atom. The van der Waals surface area contributed by atoms with Gasteiger partial charge in [-0.1, -0.05) is 32.4 Å². The molecule has 2 amide bonds. The lowest BCUT2D eigenvalue weighted by atomic mass is 9.88. The number of nitrogens with one attached hydrogen (secondary N) is 1. The number of carbonyl (C=O) groups is 2. The van der Waals surface area contributed by atoms with E-state index in [2.05, 4.69) is 12.2 Å². The monoisotopic (exact) mass is 332 g/mol. The summed E-state index contributed by atoms with van der Waals surface area (Å²) in [6, 6.07) is 7.81. The first-order valence-electron chi connectivity index (χ1n) is 8.80. The molecular formula is C19H28N2O3. The molecule has 5 heteroatoms. The second-order valence-corrected chi connectivity index (χ2v) is 6.29. The molecule has 5 nitrogen and oxygen atoms in total. The van der Waals surface area contributed by atoms with E-state index in [4.69, 9.17) is 4.74 Å². The van der Waals surface area contributed by atoms with Crippen LogP contribution in [0.1, 0.15) is 44.6 Å². The minimum atomic E-state index is -0.204. The van der Waals surface area contributed by atoms with Gasteiger partial charge in [-0.2, -0.15) is 0 Å². The number of nitrogens with zero attached hydrogens (tertiary/aromatic N) is 1. The molecule has 0 bridgehead atoms. The highest BCUT2D eigenvalue weighted by Gasteiger charge is 2.39. The van der Waals surface area contributed by atoms with Gasteiger partial charge in [0.2, 0.25) is 11.8 Å². The van der Waals surface area contributed by atoms with Crippen molar-refractivity contribution in [2.24, 2.45) is 5.92 Å². The molecule has 24 heavy (non-hydrogen) atoms. The average Bonchev–Trinajstić information content (AvgIpc) is 3.06. The third-order valence-corrected chi connectivity index (χ3v) is 4.66. The Bertz CT molecular complexity index is 573. The highest BCUT2D eigenvalue weighted by molar-refractivity contribution is 5.83. The maximum Gasteiger partial charge on any atom is 0.225 e. The molecule has 1 fully saturated rings. The van der Waals surface area contributed by atoms with E-state index >= 15 is 0 Å². The maximum atomic E-state index is 12.6. The van der Waals surface area contributed by atoms with Gasteiger partial charge < -0.3 is 15.0 Å². The molecule has 2 unspecified atom stereocenters. The fourth-order valence-corrected chi connectivity index (χ4v) is 3.23. The number of amides is 2. The SMILES string of the molecule is CCCCNC(=O)C1CN(C(=O)CC)CC1c1cccc(OC)c1.